The zero-order valence-corrected chi connectivity index (χ0v) is 6.96. The van der Waals surface area contributed by atoms with Crippen LogP contribution in [0.5, 0.6) is 0 Å². The van der Waals surface area contributed by atoms with Gasteiger partial charge < -0.3 is 15.1 Å². The molecule has 0 fully saturated rings. The van der Waals surface area contributed by atoms with E-state index in [4.69, 9.17) is 9.76 Å². The molecule has 11 heavy (non-hydrogen) atoms. The third-order valence-electron chi connectivity index (χ3n) is 1.40. The fourth-order valence-corrected chi connectivity index (χ4v) is 0.737. The van der Waals surface area contributed by atoms with Crippen molar-refractivity contribution in [2.24, 2.45) is 0 Å². The van der Waals surface area contributed by atoms with E-state index in [2.05, 4.69) is 5.32 Å². The molecule has 0 spiro atoms. The van der Waals surface area contributed by atoms with Gasteiger partial charge in [-0.25, -0.2) is 0 Å². The van der Waals surface area contributed by atoms with E-state index < -0.39 is 12.0 Å². The Balaban J connectivity index is 3.44. The van der Waals surface area contributed by atoms with E-state index >= 15 is 0 Å². The molecule has 0 aliphatic rings. The Hall–Kier alpha value is -0.545. The van der Waals surface area contributed by atoms with Gasteiger partial charge in [0.2, 0.25) is 0 Å². The molecule has 0 bridgehead atoms. The van der Waals surface area contributed by atoms with Gasteiger partial charge in [-0.15, -0.1) is 0 Å². The van der Waals surface area contributed by atoms with Crippen LogP contribution in [-0.2, 0) is 9.45 Å². The molecule has 2 N–H and O–H groups in total. The van der Waals surface area contributed by atoms with Gasteiger partial charge in [-0.1, -0.05) is 0 Å². The first-order valence-corrected chi connectivity index (χ1v) is 3.70. The highest BCUT2D eigenvalue weighted by molar-refractivity contribution is 6.28. The zero-order valence-electron chi connectivity index (χ0n) is 6.96. The zero-order chi connectivity index (χ0) is 8.69. The molecule has 0 heterocycles. The molecule has 4 nitrogen and oxygen atoms in total. The lowest BCUT2D eigenvalue weighted by atomic mass is 9.89. The molecule has 0 radical (unpaired) electrons. The van der Waals surface area contributed by atoms with Crippen LogP contribution in [-0.4, -0.2) is 38.3 Å². The first-order valence-electron chi connectivity index (χ1n) is 3.70. The lowest BCUT2D eigenvalue weighted by Gasteiger charge is -2.08. The maximum absolute atomic E-state index is 10.4. The van der Waals surface area contributed by atoms with Crippen molar-refractivity contribution in [3.63, 3.8) is 0 Å². The van der Waals surface area contributed by atoms with Crippen LogP contribution in [0.1, 0.15) is 6.92 Å². The average molecular weight is 159 g/mol. The van der Waals surface area contributed by atoms with Gasteiger partial charge in [-0.05, 0) is 20.3 Å². The fraction of sp³-hybridized carbons (Fsp3) is 0.833. The third kappa shape index (κ3) is 4.81. The Kier molecular flexibility index (Phi) is 5.88. The Morgan fingerprint density at radius 3 is 2.82 bits per heavy atom. The average Bonchev–Trinajstić information content (AvgIpc) is 1.97. The van der Waals surface area contributed by atoms with Gasteiger partial charge in [0.05, 0.1) is 0 Å². The first kappa shape index (κ1) is 10.5. The summed E-state index contributed by atoms with van der Waals surface area (Å²) < 4.78 is 5.01. The minimum atomic E-state index is -0.827. The van der Waals surface area contributed by atoms with Crippen LogP contribution >= 0.6 is 0 Å². The number of carboxylic acid groups (broad SMARTS) is 1. The second-order valence-electron chi connectivity index (χ2n) is 2.17. The molecule has 0 aliphatic heterocycles. The van der Waals surface area contributed by atoms with Crippen molar-refractivity contribution in [1.29, 1.82) is 0 Å². The molecule has 0 saturated heterocycles. The largest absolute Gasteiger partial charge is 0.480 e. The van der Waals surface area contributed by atoms with Gasteiger partial charge in [0, 0.05) is 6.61 Å². The SMILES string of the molecule is CCOBCC(NC)C(=O)O. The van der Waals surface area contributed by atoms with Crippen molar-refractivity contribution in [3.05, 3.63) is 0 Å². The Morgan fingerprint density at radius 1 is 1.82 bits per heavy atom. The highest BCUT2D eigenvalue weighted by Crippen LogP contribution is 1.91. The van der Waals surface area contributed by atoms with Crippen molar-refractivity contribution in [2.75, 3.05) is 13.7 Å². The smallest absolute Gasteiger partial charge is 0.320 e. The maximum atomic E-state index is 10.4. The molecule has 0 aliphatic carbocycles. The number of likely N-dealkylation sites (N-methyl/N-ethyl adjacent to an activating group) is 1. The second kappa shape index (κ2) is 6.18. The minimum absolute atomic E-state index is 0.485. The number of carbonyl (C=O) groups is 1. The van der Waals surface area contributed by atoms with Gasteiger partial charge in [0.15, 0.2) is 0 Å². The van der Waals surface area contributed by atoms with E-state index in [0.717, 1.165) is 0 Å². The van der Waals surface area contributed by atoms with Crippen LogP contribution in [0.4, 0.5) is 0 Å². The fourth-order valence-electron chi connectivity index (χ4n) is 0.737. The molecule has 0 aromatic carbocycles. The summed E-state index contributed by atoms with van der Waals surface area (Å²) in [7, 11) is 2.12. The number of rotatable bonds is 6. The molecule has 64 valence electrons. The van der Waals surface area contributed by atoms with Crippen molar-refractivity contribution in [2.45, 2.75) is 19.3 Å². The van der Waals surface area contributed by atoms with Crippen LogP contribution in [0.25, 0.3) is 0 Å². The van der Waals surface area contributed by atoms with Gasteiger partial charge in [0.1, 0.15) is 6.04 Å². The number of hydrogen-bond acceptors (Lipinski definition) is 3. The van der Waals surface area contributed by atoms with E-state index in [9.17, 15) is 4.79 Å². The predicted octanol–water partition coefficient (Wildman–Crippen LogP) is -0.535. The molecule has 0 aromatic heterocycles. The molecule has 1 atom stereocenters. The molecule has 5 heteroatoms. The molecule has 0 saturated carbocycles. The molecule has 0 aromatic rings. The molecular weight excluding hydrogens is 145 g/mol. The summed E-state index contributed by atoms with van der Waals surface area (Å²) in [4.78, 5) is 10.4. The van der Waals surface area contributed by atoms with Crippen LogP contribution in [0, 0.1) is 0 Å². The monoisotopic (exact) mass is 159 g/mol. The Morgan fingerprint density at radius 2 is 2.45 bits per heavy atom. The number of nitrogens with one attached hydrogen (secondary N) is 1. The maximum Gasteiger partial charge on any atom is 0.320 e. The van der Waals surface area contributed by atoms with Crippen LogP contribution < -0.4 is 5.32 Å². The summed E-state index contributed by atoms with van der Waals surface area (Å²) >= 11 is 0. The molecule has 0 rings (SSSR count). The van der Waals surface area contributed by atoms with Gasteiger partial charge >= 0.3 is 5.97 Å². The minimum Gasteiger partial charge on any atom is -0.480 e. The summed E-state index contributed by atoms with van der Waals surface area (Å²) in [5, 5.41) is 11.2. The molecule has 1 unspecified atom stereocenters. The highest BCUT2D eigenvalue weighted by atomic mass is 16.4. The van der Waals surface area contributed by atoms with Crippen molar-refractivity contribution in [1.82, 2.24) is 5.32 Å². The standard InChI is InChI=1S/C6H14BNO3/c1-3-11-7-4-5(8-2)6(9)10/h5,7-8H,3-4H2,1-2H3,(H,9,10). The number of carboxylic acids is 1. The number of aliphatic carboxylic acids is 1. The quantitative estimate of drug-likeness (QED) is 0.403. The summed E-state index contributed by atoms with van der Waals surface area (Å²) in [5.74, 6) is -0.827. The Labute approximate surface area is 67.2 Å². The second-order valence-corrected chi connectivity index (χ2v) is 2.17. The van der Waals surface area contributed by atoms with Gasteiger partial charge in [-0.3, -0.25) is 4.79 Å². The normalized spacial score (nSPS) is 12.5. The van der Waals surface area contributed by atoms with E-state index in [1.807, 2.05) is 6.92 Å². The van der Waals surface area contributed by atoms with Crippen LogP contribution in [0.2, 0.25) is 6.32 Å². The van der Waals surface area contributed by atoms with Crippen LogP contribution in [0.15, 0.2) is 0 Å². The highest BCUT2D eigenvalue weighted by Gasteiger charge is 2.14. The van der Waals surface area contributed by atoms with E-state index in [1.54, 1.807) is 7.05 Å². The van der Waals surface area contributed by atoms with E-state index in [0.29, 0.717) is 20.4 Å². The summed E-state index contributed by atoms with van der Waals surface area (Å²) in [6.45, 7) is 2.52. The van der Waals surface area contributed by atoms with Crippen molar-refractivity contribution in [3.8, 4) is 0 Å². The van der Waals surface area contributed by atoms with E-state index in [1.165, 1.54) is 0 Å². The molecule has 0 amide bonds. The van der Waals surface area contributed by atoms with Crippen LogP contribution in [0.3, 0.4) is 0 Å². The first-order chi connectivity index (χ1) is 5.22. The third-order valence-corrected chi connectivity index (χ3v) is 1.40. The van der Waals surface area contributed by atoms with Gasteiger partial charge in [0.25, 0.3) is 7.48 Å². The van der Waals surface area contributed by atoms with Crippen molar-refractivity contribution < 1.29 is 14.6 Å². The summed E-state index contributed by atoms with van der Waals surface area (Å²) in [6, 6.07) is -0.485. The van der Waals surface area contributed by atoms with Gasteiger partial charge in [-0.2, -0.15) is 0 Å². The topological polar surface area (TPSA) is 58.6 Å². The van der Waals surface area contributed by atoms with Crippen molar-refractivity contribution >= 4 is 13.5 Å². The lowest BCUT2D eigenvalue weighted by molar-refractivity contribution is -0.138. The molecular formula is C6H14BNO3. The number of hydrogen-bond donors (Lipinski definition) is 2. The summed E-state index contributed by atoms with van der Waals surface area (Å²) in [6.07, 6.45) is 0.514. The van der Waals surface area contributed by atoms with E-state index in [-0.39, 0.29) is 0 Å². The Bertz CT molecular complexity index is 120. The summed E-state index contributed by atoms with van der Waals surface area (Å²) in [5.41, 5.74) is 0. The predicted molar refractivity (Wildman–Crippen MR) is 44.1 cm³/mol. The lowest BCUT2D eigenvalue weighted by Crippen LogP contribution is -2.34.